The third-order valence-corrected chi connectivity index (χ3v) is 5.04. The zero-order valence-corrected chi connectivity index (χ0v) is 15.6. The number of thiophene rings is 1. The van der Waals surface area contributed by atoms with E-state index in [0.29, 0.717) is 12.4 Å². The second kappa shape index (κ2) is 6.11. The summed E-state index contributed by atoms with van der Waals surface area (Å²) in [7, 11) is 2.04. The quantitative estimate of drug-likeness (QED) is 0.786. The Morgan fingerprint density at radius 1 is 1.25 bits per heavy atom. The van der Waals surface area contributed by atoms with Crippen molar-refractivity contribution < 1.29 is 0 Å². The lowest BCUT2D eigenvalue weighted by Crippen LogP contribution is -2.44. The van der Waals surface area contributed by atoms with Gasteiger partial charge in [-0.25, -0.2) is 9.97 Å². The Hall–Kier alpha value is -2.05. The molecule has 0 fully saturated rings. The maximum atomic E-state index is 6.22. The van der Waals surface area contributed by atoms with E-state index in [4.69, 9.17) is 15.7 Å². The summed E-state index contributed by atoms with van der Waals surface area (Å²) in [6.45, 7) is 9.01. The Morgan fingerprint density at radius 2 is 2.00 bits per heavy atom. The monoisotopic (exact) mass is 341 g/mol. The molecule has 0 bridgehead atoms. The third kappa shape index (κ3) is 3.25. The molecule has 126 valence electrons. The summed E-state index contributed by atoms with van der Waals surface area (Å²) >= 11 is 1.71. The van der Waals surface area contributed by atoms with Crippen molar-refractivity contribution in [1.82, 2.24) is 15.0 Å². The number of likely N-dealkylation sites (N-methyl/N-ethyl adjacent to an activating group) is 1. The highest BCUT2D eigenvalue weighted by Crippen LogP contribution is 2.36. The van der Waals surface area contributed by atoms with Gasteiger partial charge in [0.05, 0.1) is 5.39 Å². The zero-order valence-electron chi connectivity index (χ0n) is 14.8. The number of aryl methyl sites for hydroxylation is 2. The number of rotatable bonds is 4. The molecule has 0 atom stereocenters. The van der Waals surface area contributed by atoms with Gasteiger partial charge in [0, 0.05) is 42.0 Å². The normalized spacial score (nSPS) is 11.9. The van der Waals surface area contributed by atoms with Crippen molar-refractivity contribution in [3.63, 3.8) is 0 Å². The van der Waals surface area contributed by atoms with Crippen LogP contribution >= 0.6 is 11.3 Å². The van der Waals surface area contributed by atoms with E-state index in [1.54, 1.807) is 23.7 Å². The van der Waals surface area contributed by atoms with Crippen molar-refractivity contribution in [2.24, 2.45) is 5.73 Å². The summed E-state index contributed by atoms with van der Waals surface area (Å²) in [5.41, 5.74) is 8.07. The molecule has 0 saturated heterocycles. The van der Waals surface area contributed by atoms with Crippen LogP contribution in [0.2, 0.25) is 0 Å². The van der Waals surface area contributed by atoms with Crippen LogP contribution in [0.4, 0.5) is 5.82 Å². The number of hydrogen-bond acceptors (Lipinski definition) is 6. The largest absolute Gasteiger partial charge is 0.357 e. The fraction of sp³-hybridized carbons (Fsp3) is 0.389. The van der Waals surface area contributed by atoms with Crippen LogP contribution in [0.1, 0.15) is 24.3 Å². The standard InChI is InChI=1S/C18H23N5S/c1-11-12(2)24-17-14(11)16(23(5)10-18(3,4)19)21-15(22-17)13-7-6-8-20-9-13/h6-9H,10,19H2,1-5H3. The Kier molecular flexibility index (Phi) is 4.27. The SMILES string of the molecule is Cc1sc2nc(-c3cccnc3)nc(N(C)CC(C)(C)N)c2c1C. The van der Waals surface area contributed by atoms with Crippen LogP contribution in [0.15, 0.2) is 24.5 Å². The van der Waals surface area contributed by atoms with E-state index < -0.39 is 0 Å². The van der Waals surface area contributed by atoms with Crippen LogP contribution in [0.5, 0.6) is 0 Å². The van der Waals surface area contributed by atoms with Gasteiger partial charge < -0.3 is 10.6 Å². The minimum atomic E-state index is -0.306. The predicted molar refractivity (Wildman–Crippen MR) is 102 cm³/mol. The molecule has 0 saturated carbocycles. The van der Waals surface area contributed by atoms with Gasteiger partial charge in [-0.3, -0.25) is 4.98 Å². The molecule has 0 aliphatic rings. The number of fused-ring (bicyclic) bond motifs is 1. The molecule has 3 rings (SSSR count). The summed E-state index contributed by atoms with van der Waals surface area (Å²) in [6, 6.07) is 3.89. The van der Waals surface area contributed by atoms with Crippen molar-refractivity contribution in [1.29, 1.82) is 0 Å². The Labute approximate surface area is 146 Å². The van der Waals surface area contributed by atoms with Gasteiger partial charge in [0.2, 0.25) is 0 Å². The molecule has 3 aromatic heterocycles. The maximum Gasteiger partial charge on any atom is 0.164 e. The first kappa shape index (κ1) is 16.8. The molecule has 24 heavy (non-hydrogen) atoms. The number of pyridine rings is 1. The summed E-state index contributed by atoms with van der Waals surface area (Å²) in [6.07, 6.45) is 3.55. The lowest BCUT2D eigenvalue weighted by molar-refractivity contribution is 0.518. The van der Waals surface area contributed by atoms with Gasteiger partial charge in [0.25, 0.3) is 0 Å². The second-order valence-corrected chi connectivity index (χ2v) is 8.12. The molecule has 2 N–H and O–H groups in total. The Bertz CT molecular complexity index is 864. The average Bonchev–Trinajstić information content (AvgIpc) is 2.80. The van der Waals surface area contributed by atoms with Crippen molar-refractivity contribution in [3.8, 4) is 11.4 Å². The zero-order chi connectivity index (χ0) is 17.5. The van der Waals surface area contributed by atoms with E-state index in [2.05, 4.69) is 23.7 Å². The van der Waals surface area contributed by atoms with Crippen LogP contribution in [0, 0.1) is 13.8 Å². The maximum absolute atomic E-state index is 6.22. The van der Waals surface area contributed by atoms with Crippen LogP contribution in [0.25, 0.3) is 21.6 Å². The van der Waals surface area contributed by atoms with Crippen LogP contribution < -0.4 is 10.6 Å². The number of nitrogens with zero attached hydrogens (tertiary/aromatic N) is 4. The van der Waals surface area contributed by atoms with Gasteiger partial charge in [-0.05, 0) is 45.4 Å². The van der Waals surface area contributed by atoms with Crippen LogP contribution in [0.3, 0.4) is 0 Å². The lowest BCUT2D eigenvalue weighted by Gasteiger charge is -2.28. The van der Waals surface area contributed by atoms with E-state index in [0.717, 1.165) is 21.6 Å². The topological polar surface area (TPSA) is 67.9 Å². The molecule has 3 heterocycles. The molecular weight excluding hydrogens is 318 g/mol. The molecule has 0 radical (unpaired) electrons. The first-order valence-corrected chi connectivity index (χ1v) is 8.76. The second-order valence-electron chi connectivity index (χ2n) is 6.92. The summed E-state index contributed by atoms with van der Waals surface area (Å²) in [4.78, 5) is 18.2. The fourth-order valence-corrected chi connectivity index (χ4v) is 3.84. The van der Waals surface area contributed by atoms with E-state index in [1.165, 1.54) is 10.4 Å². The fourth-order valence-electron chi connectivity index (χ4n) is 2.81. The summed E-state index contributed by atoms with van der Waals surface area (Å²) in [5.74, 6) is 1.63. The summed E-state index contributed by atoms with van der Waals surface area (Å²) < 4.78 is 0. The number of anilines is 1. The predicted octanol–water partition coefficient (Wildman–Crippen LogP) is 3.54. The Balaban J connectivity index is 2.21. The first-order valence-electron chi connectivity index (χ1n) is 7.94. The van der Waals surface area contributed by atoms with Crippen molar-refractivity contribution >= 4 is 27.4 Å². The van der Waals surface area contributed by atoms with Crippen molar-refractivity contribution in [2.45, 2.75) is 33.2 Å². The van der Waals surface area contributed by atoms with Crippen molar-refractivity contribution in [2.75, 3.05) is 18.5 Å². The van der Waals surface area contributed by atoms with Gasteiger partial charge in [0.1, 0.15) is 10.6 Å². The molecule has 0 aromatic carbocycles. The Morgan fingerprint density at radius 3 is 2.62 bits per heavy atom. The molecule has 0 aliphatic carbocycles. The number of aromatic nitrogens is 3. The van der Waals surface area contributed by atoms with Gasteiger partial charge in [-0.1, -0.05) is 0 Å². The molecular formula is C18H23N5S. The number of hydrogen-bond donors (Lipinski definition) is 1. The van der Waals surface area contributed by atoms with Crippen LogP contribution in [-0.4, -0.2) is 34.1 Å². The van der Waals surface area contributed by atoms with Gasteiger partial charge >= 0.3 is 0 Å². The molecule has 3 aromatic rings. The van der Waals surface area contributed by atoms with Crippen molar-refractivity contribution in [3.05, 3.63) is 35.0 Å². The van der Waals surface area contributed by atoms with E-state index in [9.17, 15) is 0 Å². The van der Waals surface area contributed by atoms with E-state index >= 15 is 0 Å². The van der Waals surface area contributed by atoms with Gasteiger partial charge in [-0.15, -0.1) is 11.3 Å². The highest BCUT2D eigenvalue weighted by Gasteiger charge is 2.21. The highest BCUT2D eigenvalue weighted by atomic mass is 32.1. The lowest BCUT2D eigenvalue weighted by atomic mass is 10.1. The smallest absolute Gasteiger partial charge is 0.164 e. The highest BCUT2D eigenvalue weighted by molar-refractivity contribution is 7.18. The molecule has 0 aliphatic heterocycles. The van der Waals surface area contributed by atoms with E-state index in [-0.39, 0.29) is 5.54 Å². The molecule has 0 unspecified atom stereocenters. The van der Waals surface area contributed by atoms with E-state index in [1.807, 2.05) is 33.0 Å². The minimum absolute atomic E-state index is 0.306. The van der Waals surface area contributed by atoms with Gasteiger partial charge in [-0.2, -0.15) is 0 Å². The number of nitrogens with two attached hydrogens (primary N) is 1. The minimum Gasteiger partial charge on any atom is -0.357 e. The summed E-state index contributed by atoms with van der Waals surface area (Å²) in [5, 5.41) is 1.12. The first-order chi connectivity index (χ1) is 11.3. The van der Waals surface area contributed by atoms with Crippen LogP contribution in [-0.2, 0) is 0 Å². The average molecular weight is 341 g/mol. The molecule has 6 heteroatoms. The molecule has 0 spiro atoms. The van der Waals surface area contributed by atoms with Gasteiger partial charge in [0.15, 0.2) is 5.82 Å². The molecule has 5 nitrogen and oxygen atoms in total. The third-order valence-electron chi connectivity index (χ3n) is 3.94. The molecule has 0 amide bonds.